The second-order valence-electron chi connectivity index (χ2n) is 4.47. The molecule has 18 heavy (non-hydrogen) atoms. The first-order valence-electron chi connectivity index (χ1n) is 5.56. The third-order valence-electron chi connectivity index (χ3n) is 2.38. The van der Waals surface area contributed by atoms with E-state index >= 15 is 0 Å². The molecule has 1 N–H and O–H groups in total. The SMILES string of the molecule is CC(C)CN1C(=O)/C(=C\c2cc(Br)cs2)NC1=S. The maximum absolute atomic E-state index is 12.2. The zero-order chi connectivity index (χ0) is 13.3. The van der Waals surface area contributed by atoms with Gasteiger partial charge in [0.2, 0.25) is 0 Å². The van der Waals surface area contributed by atoms with Crippen LogP contribution >= 0.6 is 39.5 Å². The predicted octanol–water partition coefficient (Wildman–Crippen LogP) is 3.22. The number of amides is 1. The van der Waals surface area contributed by atoms with Crippen LogP contribution in [0.15, 0.2) is 21.6 Å². The van der Waals surface area contributed by atoms with E-state index in [4.69, 9.17) is 12.2 Å². The van der Waals surface area contributed by atoms with Crippen molar-refractivity contribution in [2.45, 2.75) is 13.8 Å². The van der Waals surface area contributed by atoms with Crippen LogP contribution in [0, 0.1) is 5.92 Å². The second-order valence-corrected chi connectivity index (χ2v) is 6.71. The van der Waals surface area contributed by atoms with E-state index in [1.807, 2.05) is 17.5 Å². The molecule has 0 radical (unpaired) electrons. The Kier molecular flexibility index (Phi) is 4.19. The number of thiocarbonyl (C=S) groups is 1. The molecule has 2 heterocycles. The molecule has 0 bridgehead atoms. The number of carbonyl (C=O) groups is 1. The third-order valence-corrected chi connectivity index (χ3v) is 4.35. The molecule has 1 aromatic heterocycles. The average molecular weight is 345 g/mol. The molecule has 3 nitrogen and oxygen atoms in total. The summed E-state index contributed by atoms with van der Waals surface area (Å²) in [5, 5.41) is 5.46. The highest BCUT2D eigenvalue weighted by molar-refractivity contribution is 9.10. The molecule has 96 valence electrons. The molecule has 0 aromatic carbocycles. The Morgan fingerprint density at radius 3 is 2.89 bits per heavy atom. The number of hydrogen-bond acceptors (Lipinski definition) is 3. The molecule has 0 aliphatic carbocycles. The summed E-state index contributed by atoms with van der Waals surface area (Å²) in [5.41, 5.74) is 0.551. The molecular weight excluding hydrogens is 332 g/mol. The predicted molar refractivity (Wildman–Crippen MR) is 82.3 cm³/mol. The Morgan fingerprint density at radius 1 is 1.61 bits per heavy atom. The molecule has 0 atom stereocenters. The molecular formula is C12H13BrN2OS2. The summed E-state index contributed by atoms with van der Waals surface area (Å²) < 4.78 is 1.02. The molecule has 1 aromatic rings. The van der Waals surface area contributed by atoms with Crippen LogP contribution in [0.3, 0.4) is 0 Å². The lowest BCUT2D eigenvalue weighted by Gasteiger charge is -2.15. The molecule has 6 heteroatoms. The van der Waals surface area contributed by atoms with Crippen LogP contribution in [0.1, 0.15) is 18.7 Å². The summed E-state index contributed by atoms with van der Waals surface area (Å²) >= 11 is 10.2. The lowest BCUT2D eigenvalue weighted by molar-refractivity contribution is -0.122. The number of halogens is 1. The Hall–Kier alpha value is -0.720. The fraction of sp³-hybridized carbons (Fsp3) is 0.333. The molecule has 1 fully saturated rings. The van der Waals surface area contributed by atoms with E-state index in [0.29, 0.717) is 23.3 Å². The van der Waals surface area contributed by atoms with Gasteiger partial charge in [-0.05, 0) is 46.2 Å². The third kappa shape index (κ3) is 2.99. The van der Waals surface area contributed by atoms with Gasteiger partial charge in [-0.25, -0.2) is 0 Å². The molecule has 1 aliphatic heterocycles. The van der Waals surface area contributed by atoms with E-state index in [0.717, 1.165) is 9.35 Å². The van der Waals surface area contributed by atoms with Gasteiger partial charge in [-0.2, -0.15) is 0 Å². The fourth-order valence-electron chi connectivity index (χ4n) is 1.65. The van der Waals surface area contributed by atoms with Crippen LogP contribution in [0.25, 0.3) is 6.08 Å². The van der Waals surface area contributed by atoms with Crippen molar-refractivity contribution >= 4 is 56.6 Å². The van der Waals surface area contributed by atoms with E-state index in [9.17, 15) is 4.79 Å². The quantitative estimate of drug-likeness (QED) is 0.674. The Labute approximate surface area is 124 Å². The van der Waals surface area contributed by atoms with E-state index in [-0.39, 0.29) is 5.91 Å². The van der Waals surface area contributed by atoms with Crippen molar-refractivity contribution in [2.75, 3.05) is 6.54 Å². The minimum Gasteiger partial charge on any atom is -0.328 e. The fourth-order valence-corrected chi connectivity index (χ4v) is 3.29. The highest BCUT2D eigenvalue weighted by atomic mass is 79.9. The number of nitrogens with zero attached hydrogens (tertiary/aromatic N) is 1. The van der Waals surface area contributed by atoms with Gasteiger partial charge in [-0.1, -0.05) is 13.8 Å². The van der Waals surface area contributed by atoms with Crippen molar-refractivity contribution < 1.29 is 4.79 Å². The van der Waals surface area contributed by atoms with Gasteiger partial charge in [0.15, 0.2) is 5.11 Å². The minimum atomic E-state index is -0.0433. The summed E-state index contributed by atoms with van der Waals surface area (Å²) in [6, 6.07) is 1.97. The van der Waals surface area contributed by atoms with Crippen LogP contribution in [-0.4, -0.2) is 22.5 Å². The van der Waals surface area contributed by atoms with Crippen molar-refractivity contribution in [3.05, 3.63) is 26.5 Å². The van der Waals surface area contributed by atoms with E-state index in [2.05, 4.69) is 35.1 Å². The van der Waals surface area contributed by atoms with Crippen molar-refractivity contribution in [1.82, 2.24) is 10.2 Å². The van der Waals surface area contributed by atoms with Crippen molar-refractivity contribution in [2.24, 2.45) is 5.92 Å². The van der Waals surface area contributed by atoms with Crippen LogP contribution < -0.4 is 5.32 Å². The van der Waals surface area contributed by atoms with Gasteiger partial charge >= 0.3 is 0 Å². The standard InChI is InChI=1S/C12H13BrN2OS2/c1-7(2)5-15-11(16)10(14-12(15)17)4-9-3-8(13)6-18-9/h3-4,6-7H,5H2,1-2H3,(H,14,17)/b10-4+. The summed E-state index contributed by atoms with van der Waals surface area (Å²) in [5.74, 6) is 0.349. The van der Waals surface area contributed by atoms with Gasteiger partial charge in [0.05, 0.1) is 0 Å². The van der Waals surface area contributed by atoms with Crippen LogP contribution in [0.5, 0.6) is 0 Å². The van der Waals surface area contributed by atoms with Crippen LogP contribution in [0.4, 0.5) is 0 Å². The largest absolute Gasteiger partial charge is 0.328 e. The van der Waals surface area contributed by atoms with Gasteiger partial charge < -0.3 is 5.32 Å². The summed E-state index contributed by atoms with van der Waals surface area (Å²) in [6.07, 6.45) is 1.84. The number of thiophene rings is 1. The van der Waals surface area contributed by atoms with Gasteiger partial charge in [0, 0.05) is 21.3 Å². The van der Waals surface area contributed by atoms with Crippen molar-refractivity contribution in [1.29, 1.82) is 0 Å². The maximum Gasteiger partial charge on any atom is 0.276 e. The highest BCUT2D eigenvalue weighted by Crippen LogP contribution is 2.23. The van der Waals surface area contributed by atoms with E-state index < -0.39 is 0 Å². The Balaban J connectivity index is 2.19. The number of rotatable bonds is 3. The highest BCUT2D eigenvalue weighted by Gasteiger charge is 2.30. The Morgan fingerprint density at radius 2 is 2.33 bits per heavy atom. The van der Waals surface area contributed by atoms with E-state index in [1.165, 1.54) is 0 Å². The van der Waals surface area contributed by atoms with Gasteiger partial charge in [-0.3, -0.25) is 9.69 Å². The lowest BCUT2D eigenvalue weighted by Crippen LogP contribution is -2.33. The van der Waals surface area contributed by atoms with Gasteiger partial charge in [-0.15, -0.1) is 11.3 Å². The molecule has 1 saturated heterocycles. The average Bonchev–Trinajstić information content (AvgIpc) is 2.78. The van der Waals surface area contributed by atoms with Crippen molar-refractivity contribution in [3.63, 3.8) is 0 Å². The Bertz CT molecular complexity index is 522. The second kappa shape index (κ2) is 5.50. The lowest BCUT2D eigenvalue weighted by atomic mass is 10.2. The molecule has 0 saturated carbocycles. The molecule has 1 aliphatic rings. The summed E-state index contributed by atoms with van der Waals surface area (Å²) in [7, 11) is 0. The zero-order valence-electron chi connectivity index (χ0n) is 10.1. The van der Waals surface area contributed by atoms with E-state index in [1.54, 1.807) is 16.2 Å². The maximum atomic E-state index is 12.2. The molecule has 0 unspecified atom stereocenters. The molecule has 0 spiro atoms. The number of nitrogens with one attached hydrogen (secondary N) is 1. The number of hydrogen-bond donors (Lipinski definition) is 1. The zero-order valence-corrected chi connectivity index (χ0v) is 13.3. The first-order valence-corrected chi connectivity index (χ1v) is 7.64. The molecule has 2 rings (SSSR count). The van der Waals surface area contributed by atoms with Gasteiger partial charge in [0.25, 0.3) is 5.91 Å². The normalized spacial score (nSPS) is 18.0. The topological polar surface area (TPSA) is 32.3 Å². The first-order chi connectivity index (χ1) is 8.47. The van der Waals surface area contributed by atoms with Crippen LogP contribution in [-0.2, 0) is 4.79 Å². The van der Waals surface area contributed by atoms with Crippen molar-refractivity contribution in [3.8, 4) is 0 Å². The monoisotopic (exact) mass is 344 g/mol. The summed E-state index contributed by atoms with van der Waals surface area (Å²) in [6.45, 7) is 4.78. The first kappa shape index (κ1) is 13.7. The molecule has 1 amide bonds. The van der Waals surface area contributed by atoms with Gasteiger partial charge in [0.1, 0.15) is 5.70 Å². The minimum absolute atomic E-state index is 0.0433. The number of carbonyl (C=O) groups excluding carboxylic acids is 1. The smallest absolute Gasteiger partial charge is 0.276 e. The summed E-state index contributed by atoms with van der Waals surface area (Å²) in [4.78, 5) is 14.8. The van der Waals surface area contributed by atoms with Crippen LogP contribution in [0.2, 0.25) is 0 Å².